The molecule has 0 saturated carbocycles. The zero-order valence-electron chi connectivity index (χ0n) is 6.92. The van der Waals surface area contributed by atoms with E-state index in [4.69, 9.17) is 5.73 Å². The van der Waals surface area contributed by atoms with E-state index in [-0.39, 0.29) is 12.4 Å². The fraction of sp³-hybridized carbons (Fsp3) is 0. The first-order chi connectivity index (χ1) is 5.86. The molecule has 0 fully saturated rings. The van der Waals surface area contributed by atoms with E-state index < -0.39 is 0 Å². The van der Waals surface area contributed by atoms with E-state index in [0.717, 1.165) is 11.4 Å². The molecule has 0 radical (unpaired) electrons. The number of hydrogen-bond donors (Lipinski definition) is 1. The summed E-state index contributed by atoms with van der Waals surface area (Å²) in [7, 11) is 0. The van der Waals surface area contributed by atoms with Crippen molar-refractivity contribution in [2.24, 2.45) is 0 Å². The van der Waals surface area contributed by atoms with E-state index in [1.807, 2.05) is 35.0 Å². The summed E-state index contributed by atoms with van der Waals surface area (Å²) in [4.78, 5) is 3.95. The number of rotatable bonds is 1. The molecule has 2 rings (SSSR count). The van der Waals surface area contributed by atoms with Gasteiger partial charge in [0.05, 0.1) is 6.33 Å². The number of nitrogen functional groups attached to an aromatic ring is 1. The maximum Gasteiger partial charge on any atom is 0.0991 e. The van der Waals surface area contributed by atoms with E-state index >= 15 is 0 Å². The summed E-state index contributed by atoms with van der Waals surface area (Å²) in [6.07, 6.45) is 5.40. The quantitative estimate of drug-likeness (QED) is 0.707. The molecule has 0 amide bonds. The first kappa shape index (κ1) is 9.61. The van der Waals surface area contributed by atoms with E-state index in [9.17, 15) is 0 Å². The monoisotopic (exact) mass is 195 g/mol. The highest BCUT2D eigenvalue weighted by Gasteiger charge is 1.92. The number of aromatic nitrogens is 2. The minimum absolute atomic E-state index is 0. The molecule has 0 saturated heterocycles. The zero-order chi connectivity index (χ0) is 8.39. The molecular weight excluding hydrogens is 186 g/mol. The molecule has 0 aliphatic heterocycles. The average Bonchev–Trinajstić information content (AvgIpc) is 2.58. The van der Waals surface area contributed by atoms with Gasteiger partial charge < -0.3 is 10.3 Å². The third-order valence-corrected chi connectivity index (χ3v) is 1.70. The largest absolute Gasteiger partial charge is 0.399 e. The second kappa shape index (κ2) is 3.96. The molecule has 1 aromatic heterocycles. The summed E-state index contributed by atoms with van der Waals surface area (Å²) < 4.78 is 1.93. The van der Waals surface area contributed by atoms with Crippen LogP contribution in [0.3, 0.4) is 0 Å². The Labute approximate surface area is 82.6 Å². The highest BCUT2D eigenvalue weighted by molar-refractivity contribution is 5.85. The lowest BCUT2D eigenvalue weighted by molar-refractivity contribution is 1.06. The molecule has 1 aromatic carbocycles. The molecule has 2 N–H and O–H groups in total. The third-order valence-electron chi connectivity index (χ3n) is 1.70. The predicted octanol–water partition coefficient (Wildman–Crippen LogP) is 1.88. The fourth-order valence-electron chi connectivity index (χ4n) is 1.06. The molecule has 4 heteroatoms. The van der Waals surface area contributed by atoms with Crippen molar-refractivity contribution in [2.45, 2.75) is 0 Å². The highest BCUT2D eigenvalue weighted by atomic mass is 35.5. The maximum atomic E-state index is 5.56. The Morgan fingerprint density at radius 1 is 1.15 bits per heavy atom. The Balaban J connectivity index is 0.000000845. The van der Waals surface area contributed by atoms with Crippen LogP contribution >= 0.6 is 12.4 Å². The van der Waals surface area contributed by atoms with Gasteiger partial charge in [0.15, 0.2) is 0 Å². The standard InChI is InChI=1S/C9H9N3.ClH/c10-8-1-3-9(4-2-8)12-6-5-11-7-12;/h1-7H,10H2;1H. The van der Waals surface area contributed by atoms with Crippen LogP contribution in [-0.4, -0.2) is 9.55 Å². The Bertz CT molecular complexity index is 353. The lowest BCUT2D eigenvalue weighted by Gasteiger charge is -2.00. The van der Waals surface area contributed by atoms with Crippen molar-refractivity contribution in [2.75, 3.05) is 5.73 Å². The number of hydrogen-bond acceptors (Lipinski definition) is 2. The topological polar surface area (TPSA) is 43.8 Å². The number of nitrogens with two attached hydrogens (primary N) is 1. The van der Waals surface area contributed by atoms with Gasteiger partial charge in [-0.1, -0.05) is 0 Å². The molecule has 0 unspecified atom stereocenters. The Morgan fingerprint density at radius 2 is 1.85 bits per heavy atom. The van der Waals surface area contributed by atoms with Gasteiger partial charge in [-0.3, -0.25) is 0 Å². The third kappa shape index (κ3) is 2.00. The summed E-state index contributed by atoms with van der Waals surface area (Å²) >= 11 is 0. The fourth-order valence-corrected chi connectivity index (χ4v) is 1.06. The van der Waals surface area contributed by atoms with Crippen LogP contribution in [0, 0.1) is 0 Å². The van der Waals surface area contributed by atoms with Crippen molar-refractivity contribution >= 4 is 18.1 Å². The first-order valence-electron chi connectivity index (χ1n) is 3.70. The van der Waals surface area contributed by atoms with Gasteiger partial charge in [0.2, 0.25) is 0 Å². The number of halogens is 1. The molecule has 68 valence electrons. The van der Waals surface area contributed by atoms with Crippen molar-refractivity contribution in [1.82, 2.24) is 9.55 Å². The van der Waals surface area contributed by atoms with E-state index in [2.05, 4.69) is 4.98 Å². The SMILES string of the molecule is Cl.Nc1ccc(-n2ccnc2)cc1. The van der Waals surface area contributed by atoms with Crippen LogP contribution < -0.4 is 5.73 Å². The summed E-state index contributed by atoms with van der Waals surface area (Å²) in [6, 6.07) is 7.65. The van der Waals surface area contributed by atoms with E-state index in [1.165, 1.54) is 0 Å². The molecule has 0 spiro atoms. The average molecular weight is 196 g/mol. The summed E-state index contributed by atoms with van der Waals surface area (Å²) in [5.41, 5.74) is 7.40. The van der Waals surface area contributed by atoms with Gasteiger partial charge in [0.1, 0.15) is 0 Å². The molecular formula is C9H10ClN3. The molecule has 3 nitrogen and oxygen atoms in total. The smallest absolute Gasteiger partial charge is 0.0991 e. The Morgan fingerprint density at radius 3 is 2.38 bits per heavy atom. The van der Waals surface area contributed by atoms with Gasteiger partial charge in [-0.15, -0.1) is 12.4 Å². The lowest BCUT2D eigenvalue weighted by Crippen LogP contribution is -1.90. The Kier molecular flexibility index (Phi) is 2.93. The van der Waals surface area contributed by atoms with Crippen LogP contribution in [-0.2, 0) is 0 Å². The van der Waals surface area contributed by atoms with Crippen molar-refractivity contribution in [1.29, 1.82) is 0 Å². The second-order valence-electron chi connectivity index (χ2n) is 2.56. The van der Waals surface area contributed by atoms with Gasteiger partial charge in [0, 0.05) is 23.8 Å². The van der Waals surface area contributed by atoms with Gasteiger partial charge >= 0.3 is 0 Å². The summed E-state index contributed by atoms with van der Waals surface area (Å²) in [5.74, 6) is 0. The van der Waals surface area contributed by atoms with Gasteiger partial charge in [0.25, 0.3) is 0 Å². The Hall–Kier alpha value is -1.48. The maximum absolute atomic E-state index is 5.56. The number of anilines is 1. The second-order valence-corrected chi connectivity index (χ2v) is 2.56. The van der Waals surface area contributed by atoms with Crippen LogP contribution in [0.5, 0.6) is 0 Å². The minimum atomic E-state index is 0. The molecule has 0 atom stereocenters. The van der Waals surface area contributed by atoms with Gasteiger partial charge in [-0.2, -0.15) is 0 Å². The summed E-state index contributed by atoms with van der Waals surface area (Å²) in [5, 5.41) is 0. The molecule has 1 heterocycles. The minimum Gasteiger partial charge on any atom is -0.399 e. The van der Waals surface area contributed by atoms with Crippen LogP contribution in [0.15, 0.2) is 43.0 Å². The van der Waals surface area contributed by atoms with E-state index in [1.54, 1.807) is 12.5 Å². The zero-order valence-corrected chi connectivity index (χ0v) is 7.74. The van der Waals surface area contributed by atoms with Crippen LogP contribution in [0.4, 0.5) is 5.69 Å². The molecule has 0 bridgehead atoms. The first-order valence-corrected chi connectivity index (χ1v) is 3.70. The number of benzene rings is 1. The van der Waals surface area contributed by atoms with Crippen molar-refractivity contribution in [3.05, 3.63) is 43.0 Å². The highest BCUT2D eigenvalue weighted by Crippen LogP contribution is 2.09. The lowest BCUT2D eigenvalue weighted by atomic mass is 10.3. The predicted molar refractivity (Wildman–Crippen MR) is 55.2 cm³/mol. The molecule has 2 aromatic rings. The normalized spacial score (nSPS) is 9.23. The van der Waals surface area contributed by atoms with E-state index in [0.29, 0.717) is 0 Å². The van der Waals surface area contributed by atoms with Crippen LogP contribution in [0.2, 0.25) is 0 Å². The van der Waals surface area contributed by atoms with Crippen LogP contribution in [0.25, 0.3) is 5.69 Å². The van der Waals surface area contributed by atoms with Crippen molar-refractivity contribution in [3.63, 3.8) is 0 Å². The molecule has 0 aliphatic rings. The summed E-state index contributed by atoms with van der Waals surface area (Å²) in [6.45, 7) is 0. The van der Waals surface area contributed by atoms with Crippen LogP contribution in [0.1, 0.15) is 0 Å². The molecule has 13 heavy (non-hydrogen) atoms. The van der Waals surface area contributed by atoms with Gasteiger partial charge in [-0.05, 0) is 24.3 Å². The number of nitrogens with zero attached hydrogens (tertiary/aromatic N) is 2. The molecule has 0 aliphatic carbocycles. The van der Waals surface area contributed by atoms with Gasteiger partial charge in [-0.25, -0.2) is 4.98 Å². The van der Waals surface area contributed by atoms with Crippen molar-refractivity contribution < 1.29 is 0 Å². The van der Waals surface area contributed by atoms with Crippen molar-refractivity contribution in [3.8, 4) is 5.69 Å². The number of imidazole rings is 1.